The number of hydrogen-bond donors (Lipinski definition) is 1. The summed E-state index contributed by atoms with van der Waals surface area (Å²) in [6.07, 6.45) is 1.66. The Labute approximate surface area is 175 Å². The number of nitrogens with zero attached hydrogens (tertiary/aromatic N) is 1. The van der Waals surface area contributed by atoms with Gasteiger partial charge in [0.05, 0.1) is 11.6 Å². The van der Waals surface area contributed by atoms with Gasteiger partial charge in [0.15, 0.2) is 6.61 Å². The van der Waals surface area contributed by atoms with Gasteiger partial charge < -0.3 is 14.8 Å². The fourth-order valence-corrected chi connectivity index (χ4v) is 4.90. The van der Waals surface area contributed by atoms with Crippen molar-refractivity contribution in [3.8, 4) is 11.5 Å². The number of para-hydroxylation sites is 1. The van der Waals surface area contributed by atoms with Gasteiger partial charge in [-0.1, -0.05) is 23.7 Å². The first-order valence-electron chi connectivity index (χ1n) is 9.36. The summed E-state index contributed by atoms with van der Waals surface area (Å²) in [5.74, 6) is 0.233. The summed E-state index contributed by atoms with van der Waals surface area (Å²) in [6.45, 7) is 2.82. The minimum Gasteiger partial charge on any atom is -0.492 e. The van der Waals surface area contributed by atoms with E-state index in [4.69, 9.17) is 21.1 Å². The van der Waals surface area contributed by atoms with Gasteiger partial charge in [-0.15, -0.1) is 0 Å². The lowest BCUT2D eigenvalue weighted by Crippen LogP contribution is -2.28. The van der Waals surface area contributed by atoms with E-state index in [2.05, 4.69) is 5.32 Å². The molecule has 0 spiro atoms. The van der Waals surface area contributed by atoms with E-state index in [1.807, 2.05) is 0 Å². The Bertz CT molecular complexity index is 975. The van der Waals surface area contributed by atoms with Crippen molar-refractivity contribution in [2.75, 3.05) is 31.6 Å². The van der Waals surface area contributed by atoms with E-state index in [9.17, 15) is 13.2 Å². The van der Waals surface area contributed by atoms with Gasteiger partial charge in [-0.3, -0.25) is 4.79 Å². The predicted molar refractivity (Wildman–Crippen MR) is 111 cm³/mol. The second-order valence-electron chi connectivity index (χ2n) is 6.47. The van der Waals surface area contributed by atoms with E-state index in [0.717, 1.165) is 12.8 Å². The van der Waals surface area contributed by atoms with E-state index < -0.39 is 15.9 Å². The van der Waals surface area contributed by atoms with Crippen LogP contribution in [0, 0.1) is 0 Å². The molecule has 1 heterocycles. The molecule has 0 unspecified atom stereocenters. The minimum absolute atomic E-state index is 0.0473. The molecule has 1 N–H and O–H groups in total. The first-order valence-corrected chi connectivity index (χ1v) is 11.2. The van der Waals surface area contributed by atoms with E-state index >= 15 is 0 Å². The Balaban J connectivity index is 1.76. The van der Waals surface area contributed by atoms with Gasteiger partial charge >= 0.3 is 0 Å². The van der Waals surface area contributed by atoms with Gasteiger partial charge in [0.1, 0.15) is 16.4 Å². The maximum Gasteiger partial charge on any atom is 0.262 e. The smallest absolute Gasteiger partial charge is 0.262 e. The van der Waals surface area contributed by atoms with E-state index in [0.29, 0.717) is 36.2 Å². The Kier molecular flexibility index (Phi) is 7.00. The summed E-state index contributed by atoms with van der Waals surface area (Å²) in [5, 5.41) is 3.06. The van der Waals surface area contributed by atoms with Crippen LogP contribution >= 0.6 is 11.6 Å². The number of halogens is 1. The average Bonchev–Trinajstić information content (AvgIpc) is 3.24. The highest BCUT2D eigenvalue weighted by Gasteiger charge is 2.30. The van der Waals surface area contributed by atoms with Crippen LogP contribution in [0.3, 0.4) is 0 Å². The molecule has 0 aliphatic carbocycles. The van der Waals surface area contributed by atoms with E-state index in [1.165, 1.54) is 10.4 Å². The fourth-order valence-electron chi connectivity index (χ4n) is 3.03. The summed E-state index contributed by atoms with van der Waals surface area (Å²) in [5.41, 5.74) is 0.346. The third-order valence-corrected chi connectivity index (χ3v) is 6.64. The molecule has 2 aromatic carbocycles. The molecule has 9 heteroatoms. The molecule has 7 nitrogen and oxygen atoms in total. The molecule has 156 valence electrons. The summed E-state index contributed by atoms with van der Waals surface area (Å²) < 4.78 is 38.4. The standard InChI is InChI=1S/C20H23ClN2O5S/c1-2-27-18-10-9-15(13-19(18)29(25,26)23-11-5-6-12-23)22-20(24)14-28-17-8-4-3-7-16(17)21/h3-4,7-10,13H,2,5-6,11-12,14H2,1H3,(H,22,24). The zero-order valence-electron chi connectivity index (χ0n) is 16.1. The fraction of sp³-hybridized carbons (Fsp3) is 0.350. The van der Waals surface area contributed by atoms with E-state index in [-0.39, 0.29) is 17.3 Å². The Morgan fingerprint density at radius 1 is 1.10 bits per heavy atom. The lowest BCUT2D eigenvalue weighted by molar-refractivity contribution is -0.118. The molecule has 0 radical (unpaired) electrons. The Hall–Kier alpha value is -2.29. The van der Waals surface area contributed by atoms with Crippen LogP contribution in [0.4, 0.5) is 5.69 Å². The first kappa shape index (κ1) is 21.4. The normalized spacial score (nSPS) is 14.6. The van der Waals surface area contributed by atoms with Crippen molar-refractivity contribution < 1.29 is 22.7 Å². The number of hydrogen-bond acceptors (Lipinski definition) is 5. The molecule has 2 aromatic rings. The van der Waals surface area contributed by atoms with Crippen LogP contribution in [-0.4, -0.2) is 44.9 Å². The van der Waals surface area contributed by atoms with Crippen LogP contribution in [0.15, 0.2) is 47.4 Å². The second-order valence-corrected chi connectivity index (χ2v) is 8.79. The van der Waals surface area contributed by atoms with Crippen LogP contribution < -0.4 is 14.8 Å². The minimum atomic E-state index is -3.70. The number of rotatable bonds is 8. The molecule has 1 aliphatic heterocycles. The van der Waals surface area contributed by atoms with Crippen LogP contribution in [-0.2, 0) is 14.8 Å². The molecule has 0 atom stereocenters. The number of amides is 1. The van der Waals surface area contributed by atoms with Crippen molar-refractivity contribution in [3.63, 3.8) is 0 Å². The first-order chi connectivity index (χ1) is 13.9. The number of carbonyl (C=O) groups is 1. The highest BCUT2D eigenvalue weighted by atomic mass is 35.5. The molecule has 1 amide bonds. The van der Waals surface area contributed by atoms with Crippen LogP contribution in [0.1, 0.15) is 19.8 Å². The molecule has 1 fully saturated rings. The van der Waals surface area contributed by atoms with Crippen molar-refractivity contribution in [1.82, 2.24) is 4.31 Å². The lowest BCUT2D eigenvalue weighted by atomic mass is 10.3. The number of nitrogens with one attached hydrogen (secondary N) is 1. The molecule has 0 bridgehead atoms. The summed E-state index contributed by atoms with van der Waals surface area (Å²) in [4.78, 5) is 12.3. The summed E-state index contributed by atoms with van der Waals surface area (Å²) in [6, 6.07) is 11.4. The molecular formula is C20H23ClN2O5S. The van der Waals surface area contributed by atoms with Crippen molar-refractivity contribution in [2.45, 2.75) is 24.7 Å². The number of sulfonamides is 1. The predicted octanol–water partition coefficient (Wildman–Crippen LogP) is 3.54. The maximum absolute atomic E-state index is 13.0. The topological polar surface area (TPSA) is 84.9 Å². The van der Waals surface area contributed by atoms with Crippen molar-refractivity contribution in [1.29, 1.82) is 0 Å². The number of anilines is 1. The molecule has 1 saturated heterocycles. The highest BCUT2D eigenvalue weighted by molar-refractivity contribution is 7.89. The van der Waals surface area contributed by atoms with Gasteiger partial charge in [0.2, 0.25) is 10.0 Å². The Morgan fingerprint density at radius 2 is 1.83 bits per heavy atom. The molecule has 1 aliphatic rings. The molecule has 29 heavy (non-hydrogen) atoms. The van der Waals surface area contributed by atoms with Gasteiger partial charge in [-0.2, -0.15) is 4.31 Å². The van der Waals surface area contributed by atoms with Gasteiger partial charge in [0, 0.05) is 18.8 Å². The molecule has 0 saturated carbocycles. The van der Waals surface area contributed by atoms with Crippen molar-refractivity contribution in [3.05, 3.63) is 47.5 Å². The van der Waals surface area contributed by atoms with Crippen molar-refractivity contribution >= 4 is 33.2 Å². The quantitative estimate of drug-likeness (QED) is 0.681. The second kappa shape index (κ2) is 9.47. The maximum atomic E-state index is 13.0. The Morgan fingerprint density at radius 3 is 2.52 bits per heavy atom. The number of ether oxygens (including phenoxy) is 2. The third-order valence-electron chi connectivity index (χ3n) is 4.41. The SMILES string of the molecule is CCOc1ccc(NC(=O)COc2ccccc2Cl)cc1S(=O)(=O)N1CCCC1. The third kappa shape index (κ3) is 5.20. The molecular weight excluding hydrogens is 416 g/mol. The van der Waals surface area contributed by atoms with Gasteiger partial charge in [-0.25, -0.2) is 8.42 Å². The average molecular weight is 439 g/mol. The zero-order valence-corrected chi connectivity index (χ0v) is 17.6. The highest BCUT2D eigenvalue weighted by Crippen LogP contribution is 2.31. The van der Waals surface area contributed by atoms with Gasteiger partial charge in [0.25, 0.3) is 5.91 Å². The number of carbonyl (C=O) groups excluding carboxylic acids is 1. The van der Waals surface area contributed by atoms with Crippen LogP contribution in [0.25, 0.3) is 0 Å². The summed E-state index contributed by atoms with van der Waals surface area (Å²) in [7, 11) is -3.70. The molecule has 0 aromatic heterocycles. The zero-order chi connectivity index (χ0) is 20.9. The van der Waals surface area contributed by atoms with E-state index in [1.54, 1.807) is 43.3 Å². The van der Waals surface area contributed by atoms with Gasteiger partial charge in [-0.05, 0) is 50.1 Å². The lowest BCUT2D eigenvalue weighted by Gasteiger charge is -2.19. The van der Waals surface area contributed by atoms with Crippen LogP contribution in [0.5, 0.6) is 11.5 Å². The van der Waals surface area contributed by atoms with Crippen molar-refractivity contribution in [2.24, 2.45) is 0 Å². The van der Waals surface area contributed by atoms with Crippen LogP contribution in [0.2, 0.25) is 5.02 Å². The monoisotopic (exact) mass is 438 g/mol. The summed E-state index contributed by atoms with van der Waals surface area (Å²) >= 11 is 6.01. The largest absolute Gasteiger partial charge is 0.492 e. The molecule has 3 rings (SSSR count). The number of benzene rings is 2.